The number of rotatable bonds is 3. The summed E-state index contributed by atoms with van der Waals surface area (Å²) in [7, 11) is 0. The van der Waals surface area contributed by atoms with Crippen molar-refractivity contribution in [3.05, 3.63) is 64.7 Å². The summed E-state index contributed by atoms with van der Waals surface area (Å²) >= 11 is 0. The van der Waals surface area contributed by atoms with E-state index in [9.17, 15) is 14.4 Å². The van der Waals surface area contributed by atoms with E-state index in [-0.39, 0.29) is 17.6 Å². The number of anilines is 1. The fourth-order valence-corrected chi connectivity index (χ4v) is 5.58. The van der Waals surface area contributed by atoms with Crippen molar-refractivity contribution >= 4 is 23.3 Å². The number of fused-ring (bicyclic) bond motifs is 3. The first-order valence-corrected chi connectivity index (χ1v) is 10.9. The highest BCUT2D eigenvalue weighted by molar-refractivity contribution is 6.10. The van der Waals surface area contributed by atoms with E-state index >= 15 is 0 Å². The first kappa shape index (κ1) is 17.9. The minimum Gasteiger partial charge on any atom is -0.337 e. The van der Waals surface area contributed by atoms with Crippen molar-refractivity contribution in [2.45, 2.75) is 37.5 Å². The highest BCUT2D eigenvalue weighted by atomic mass is 16.2. The second kappa shape index (κ2) is 6.27. The summed E-state index contributed by atoms with van der Waals surface area (Å²) in [6, 6.07) is 13.5. The molecular formula is C25H24N2O3. The molecule has 2 aliphatic carbocycles. The monoisotopic (exact) mass is 400 g/mol. The summed E-state index contributed by atoms with van der Waals surface area (Å²) in [5.74, 6) is 0.831. The van der Waals surface area contributed by atoms with Crippen molar-refractivity contribution < 1.29 is 14.4 Å². The summed E-state index contributed by atoms with van der Waals surface area (Å²) in [6.07, 6.45) is 4.16. The van der Waals surface area contributed by atoms with Crippen LogP contribution < -0.4 is 4.90 Å². The molecule has 2 aromatic carbocycles. The second-order valence-electron chi connectivity index (χ2n) is 9.19. The molecular weight excluding hydrogens is 376 g/mol. The van der Waals surface area contributed by atoms with Crippen LogP contribution in [0.15, 0.2) is 42.5 Å². The van der Waals surface area contributed by atoms with Crippen molar-refractivity contribution in [3.63, 3.8) is 0 Å². The maximum Gasteiger partial charge on any atom is 0.254 e. The van der Waals surface area contributed by atoms with Crippen LogP contribution in [0.25, 0.3) is 0 Å². The van der Waals surface area contributed by atoms with Gasteiger partial charge in [-0.15, -0.1) is 0 Å². The minimum absolute atomic E-state index is 0.0515. The Morgan fingerprint density at radius 1 is 1.03 bits per heavy atom. The normalized spacial score (nSPS) is 24.7. The van der Waals surface area contributed by atoms with Gasteiger partial charge in [0.1, 0.15) is 0 Å². The van der Waals surface area contributed by atoms with Crippen LogP contribution in [-0.4, -0.2) is 42.1 Å². The molecule has 1 spiro atoms. The van der Waals surface area contributed by atoms with Crippen molar-refractivity contribution in [1.29, 1.82) is 0 Å². The molecule has 0 N–H and O–H groups in total. The van der Waals surface area contributed by atoms with E-state index in [1.54, 1.807) is 6.07 Å². The van der Waals surface area contributed by atoms with E-state index in [1.807, 2.05) is 40.1 Å². The molecule has 30 heavy (non-hydrogen) atoms. The number of nitrogens with zero attached hydrogens (tertiary/aromatic N) is 2. The van der Waals surface area contributed by atoms with E-state index in [4.69, 9.17) is 0 Å². The van der Waals surface area contributed by atoms with E-state index in [2.05, 4.69) is 6.07 Å². The number of para-hydroxylation sites is 1. The molecule has 4 aliphatic rings. The van der Waals surface area contributed by atoms with Crippen LogP contribution in [0.2, 0.25) is 0 Å². The van der Waals surface area contributed by atoms with Gasteiger partial charge in [0.15, 0.2) is 5.78 Å². The summed E-state index contributed by atoms with van der Waals surface area (Å²) in [6.45, 7) is 1.77. The fraction of sp³-hybridized carbons (Fsp3) is 0.400. The lowest BCUT2D eigenvalue weighted by Gasteiger charge is -2.25. The van der Waals surface area contributed by atoms with Gasteiger partial charge >= 0.3 is 0 Å². The first-order chi connectivity index (χ1) is 14.6. The lowest BCUT2D eigenvalue weighted by Crippen LogP contribution is -2.44. The van der Waals surface area contributed by atoms with Crippen LogP contribution in [-0.2, 0) is 16.6 Å². The zero-order valence-electron chi connectivity index (χ0n) is 16.9. The molecule has 6 rings (SSSR count). The van der Waals surface area contributed by atoms with Crippen LogP contribution >= 0.6 is 0 Å². The Morgan fingerprint density at radius 2 is 1.87 bits per heavy atom. The Bertz CT molecular complexity index is 1100. The van der Waals surface area contributed by atoms with Crippen LogP contribution in [0, 0.1) is 5.92 Å². The van der Waals surface area contributed by atoms with Crippen molar-refractivity contribution in [2.75, 3.05) is 24.5 Å². The quantitative estimate of drug-likeness (QED) is 0.794. The first-order valence-electron chi connectivity index (χ1n) is 10.9. The lowest BCUT2D eigenvalue weighted by atomic mass is 9.81. The second-order valence-corrected chi connectivity index (χ2v) is 9.19. The highest BCUT2D eigenvalue weighted by Gasteiger charge is 2.55. The number of carbonyl (C=O) groups excluding carboxylic acids is 3. The number of hydrogen-bond donors (Lipinski definition) is 0. The Labute approximate surface area is 175 Å². The van der Waals surface area contributed by atoms with Gasteiger partial charge in [0, 0.05) is 42.9 Å². The van der Waals surface area contributed by atoms with Gasteiger partial charge in [-0.2, -0.15) is 0 Å². The van der Waals surface area contributed by atoms with E-state index in [1.165, 1.54) is 12.8 Å². The molecule has 2 amide bonds. The highest BCUT2D eigenvalue weighted by Crippen LogP contribution is 2.49. The molecule has 5 heteroatoms. The number of hydrogen-bond acceptors (Lipinski definition) is 3. The number of benzene rings is 2. The largest absolute Gasteiger partial charge is 0.337 e. The molecule has 2 fully saturated rings. The molecule has 2 aliphatic heterocycles. The number of likely N-dealkylation sites (tertiary alicyclic amines) is 1. The van der Waals surface area contributed by atoms with Gasteiger partial charge in [-0.1, -0.05) is 30.3 Å². The Balaban J connectivity index is 1.33. The number of carbonyl (C=O) groups is 3. The number of amides is 2. The SMILES string of the molecule is O=C1CCc2c1cccc2C(=O)N1CCC2(C1)C(=O)N(CC1CC1)c1ccccc12. The molecule has 1 saturated carbocycles. The maximum atomic E-state index is 13.6. The van der Waals surface area contributed by atoms with Crippen molar-refractivity contribution in [3.8, 4) is 0 Å². The van der Waals surface area contributed by atoms with Gasteiger partial charge in [0.05, 0.1) is 5.41 Å². The van der Waals surface area contributed by atoms with Gasteiger partial charge in [0.2, 0.25) is 5.91 Å². The lowest BCUT2D eigenvalue weighted by molar-refractivity contribution is -0.122. The predicted molar refractivity (Wildman–Crippen MR) is 113 cm³/mol. The van der Waals surface area contributed by atoms with Crippen LogP contribution in [0.3, 0.4) is 0 Å². The van der Waals surface area contributed by atoms with Gasteiger partial charge in [0.25, 0.3) is 5.91 Å². The van der Waals surface area contributed by atoms with Crippen LogP contribution in [0.1, 0.15) is 57.5 Å². The summed E-state index contributed by atoms with van der Waals surface area (Å²) in [4.78, 5) is 43.0. The molecule has 0 bridgehead atoms. The molecule has 0 aromatic heterocycles. The third-order valence-electron chi connectivity index (χ3n) is 7.37. The smallest absolute Gasteiger partial charge is 0.254 e. The topological polar surface area (TPSA) is 57.7 Å². The van der Waals surface area contributed by atoms with E-state index < -0.39 is 5.41 Å². The summed E-state index contributed by atoms with van der Waals surface area (Å²) < 4.78 is 0. The van der Waals surface area contributed by atoms with Gasteiger partial charge in [-0.05, 0) is 54.9 Å². The van der Waals surface area contributed by atoms with Gasteiger partial charge in [-0.3, -0.25) is 14.4 Å². The molecule has 1 unspecified atom stereocenters. The minimum atomic E-state index is -0.630. The maximum absolute atomic E-state index is 13.6. The van der Waals surface area contributed by atoms with Crippen LogP contribution in [0.5, 0.6) is 0 Å². The molecule has 0 radical (unpaired) electrons. The molecule has 2 aromatic rings. The van der Waals surface area contributed by atoms with Crippen LogP contribution in [0.4, 0.5) is 5.69 Å². The third kappa shape index (κ3) is 2.44. The molecule has 5 nitrogen and oxygen atoms in total. The zero-order chi connectivity index (χ0) is 20.5. The van der Waals surface area contributed by atoms with Gasteiger partial charge < -0.3 is 9.80 Å². The van der Waals surface area contributed by atoms with E-state index in [0.717, 1.165) is 23.4 Å². The number of ketones is 1. The molecule has 1 saturated heterocycles. The van der Waals surface area contributed by atoms with Crippen molar-refractivity contribution in [1.82, 2.24) is 4.90 Å². The molecule has 2 heterocycles. The summed E-state index contributed by atoms with van der Waals surface area (Å²) in [5.41, 5.74) is 3.66. The van der Waals surface area contributed by atoms with E-state index in [0.29, 0.717) is 49.4 Å². The Hall–Kier alpha value is -2.95. The summed E-state index contributed by atoms with van der Waals surface area (Å²) in [5, 5.41) is 0. The zero-order valence-corrected chi connectivity index (χ0v) is 16.9. The average molecular weight is 400 g/mol. The fourth-order valence-electron chi connectivity index (χ4n) is 5.58. The van der Waals surface area contributed by atoms with Gasteiger partial charge in [-0.25, -0.2) is 0 Å². The molecule has 152 valence electrons. The van der Waals surface area contributed by atoms with Crippen molar-refractivity contribution in [2.24, 2.45) is 5.92 Å². The Morgan fingerprint density at radius 3 is 2.70 bits per heavy atom. The third-order valence-corrected chi connectivity index (χ3v) is 7.37. The molecule has 1 atom stereocenters. The average Bonchev–Trinajstić information content (AvgIpc) is 3.27. The standard InChI is InChI=1S/C25H24N2O3/c28-22-11-10-17-18(22)4-3-5-19(17)23(29)26-13-12-25(15-26)20-6-1-2-7-21(20)27(24(25)30)14-16-8-9-16/h1-7,16H,8-15H2. The Kier molecular flexibility index (Phi) is 3.74. The number of Topliss-reactive ketones (excluding diaryl/α,β-unsaturated/α-hetero) is 1. The predicted octanol–water partition coefficient (Wildman–Crippen LogP) is 3.36.